The second-order valence-corrected chi connectivity index (χ2v) is 6.57. The molecule has 1 atom stereocenters. The Morgan fingerprint density at radius 2 is 2.00 bits per heavy atom. The number of rotatable bonds is 4. The molecule has 2 heterocycles. The highest BCUT2D eigenvalue weighted by Gasteiger charge is 2.28. The molecular weight excluding hydrogens is 264 g/mol. The summed E-state index contributed by atoms with van der Waals surface area (Å²) in [6.45, 7) is 3.18. The van der Waals surface area contributed by atoms with Crippen LogP contribution in [-0.2, 0) is 9.59 Å². The molecule has 0 aromatic heterocycles. The lowest BCUT2D eigenvalue weighted by molar-refractivity contribution is -0.145. The zero-order valence-electron chi connectivity index (χ0n) is 11.1. The van der Waals surface area contributed by atoms with Crippen molar-refractivity contribution in [3.8, 4) is 0 Å². The Kier molecular flexibility index (Phi) is 5.51. The van der Waals surface area contributed by atoms with Crippen molar-refractivity contribution in [2.24, 2.45) is 5.92 Å². The summed E-state index contributed by atoms with van der Waals surface area (Å²) in [5, 5.41) is 12.9. The van der Waals surface area contributed by atoms with Gasteiger partial charge < -0.3 is 15.3 Å². The number of carboxylic acids is 1. The molecule has 0 aromatic rings. The lowest BCUT2D eigenvalue weighted by atomic mass is 9.98. The average molecular weight is 286 g/mol. The van der Waals surface area contributed by atoms with E-state index in [1.54, 1.807) is 16.7 Å². The number of aliphatic carboxylic acids is 1. The molecular formula is C13H22N2O3S. The number of likely N-dealkylation sites (tertiary alicyclic amines) is 1. The topological polar surface area (TPSA) is 69.6 Å². The van der Waals surface area contributed by atoms with Gasteiger partial charge in [-0.15, -0.1) is 11.8 Å². The molecule has 108 valence electrons. The Labute approximate surface area is 118 Å². The maximum absolute atomic E-state index is 12.1. The van der Waals surface area contributed by atoms with Crippen LogP contribution in [0.25, 0.3) is 0 Å². The number of hydrogen-bond donors (Lipinski definition) is 2. The van der Waals surface area contributed by atoms with Crippen molar-refractivity contribution in [3.05, 3.63) is 0 Å². The summed E-state index contributed by atoms with van der Waals surface area (Å²) >= 11 is 1.73. The highest BCUT2D eigenvalue weighted by atomic mass is 32.2. The lowest BCUT2D eigenvalue weighted by Gasteiger charge is -2.31. The molecule has 2 aliphatic rings. The molecule has 1 amide bonds. The molecule has 0 bridgehead atoms. The van der Waals surface area contributed by atoms with Gasteiger partial charge in [-0.3, -0.25) is 9.59 Å². The highest BCUT2D eigenvalue weighted by molar-refractivity contribution is 8.00. The third kappa shape index (κ3) is 4.38. The second-order valence-electron chi connectivity index (χ2n) is 5.28. The molecule has 5 nitrogen and oxygen atoms in total. The summed E-state index contributed by atoms with van der Waals surface area (Å²) in [6.07, 6.45) is 3.74. The Morgan fingerprint density at radius 1 is 1.26 bits per heavy atom. The molecule has 0 aromatic carbocycles. The van der Waals surface area contributed by atoms with Gasteiger partial charge in [0.2, 0.25) is 5.91 Å². The largest absolute Gasteiger partial charge is 0.481 e. The fourth-order valence-corrected chi connectivity index (χ4v) is 3.78. The Bertz CT molecular complexity index is 332. The van der Waals surface area contributed by atoms with Gasteiger partial charge in [0, 0.05) is 18.3 Å². The third-order valence-corrected chi connectivity index (χ3v) is 5.21. The van der Waals surface area contributed by atoms with Gasteiger partial charge >= 0.3 is 5.97 Å². The molecule has 2 fully saturated rings. The summed E-state index contributed by atoms with van der Waals surface area (Å²) < 4.78 is 0. The second kappa shape index (κ2) is 7.14. The smallest absolute Gasteiger partial charge is 0.308 e. The minimum absolute atomic E-state index is 0.106. The first-order valence-corrected chi connectivity index (χ1v) is 8.04. The van der Waals surface area contributed by atoms with E-state index >= 15 is 0 Å². The van der Waals surface area contributed by atoms with Crippen molar-refractivity contribution in [2.75, 3.05) is 31.9 Å². The quantitative estimate of drug-likeness (QED) is 0.800. The monoisotopic (exact) mass is 286 g/mol. The van der Waals surface area contributed by atoms with E-state index in [4.69, 9.17) is 5.11 Å². The molecule has 2 N–H and O–H groups in total. The number of nitrogens with one attached hydrogen (secondary N) is 1. The van der Waals surface area contributed by atoms with Gasteiger partial charge in [0.1, 0.15) is 0 Å². The molecule has 2 aliphatic heterocycles. The van der Waals surface area contributed by atoms with Crippen LogP contribution < -0.4 is 5.32 Å². The van der Waals surface area contributed by atoms with Crippen molar-refractivity contribution in [3.63, 3.8) is 0 Å². The van der Waals surface area contributed by atoms with Gasteiger partial charge in [0.25, 0.3) is 0 Å². The summed E-state index contributed by atoms with van der Waals surface area (Å²) in [5.41, 5.74) is 0. The summed E-state index contributed by atoms with van der Waals surface area (Å²) in [5.74, 6) is -0.545. The highest BCUT2D eigenvalue weighted by Crippen LogP contribution is 2.22. The van der Waals surface area contributed by atoms with Crippen molar-refractivity contribution < 1.29 is 14.7 Å². The van der Waals surface area contributed by atoms with E-state index in [0.29, 0.717) is 24.0 Å². The van der Waals surface area contributed by atoms with E-state index in [1.165, 1.54) is 0 Å². The maximum Gasteiger partial charge on any atom is 0.308 e. The van der Waals surface area contributed by atoms with Crippen LogP contribution in [0.1, 0.15) is 25.7 Å². The minimum atomic E-state index is -0.775. The van der Waals surface area contributed by atoms with Crippen LogP contribution in [0, 0.1) is 5.92 Å². The Balaban J connectivity index is 1.74. The number of carbonyl (C=O) groups is 2. The van der Waals surface area contributed by atoms with Crippen LogP contribution in [0.2, 0.25) is 0 Å². The van der Waals surface area contributed by atoms with Crippen LogP contribution in [-0.4, -0.2) is 59.1 Å². The number of carbonyl (C=O) groups excluding carboxylic acids is 1. The first-order chi connectivity index (χ1) is 9.16. The van der Waals surface area contributed by atoms with E-state index in [-0.39, 0.29) is 11.8 Å². The molecule has 2 saturated heterocycles. The predicted molar refractivity (Wildman–Crippen MR) is 75.3 cm³/mol. The number of piperidine rings is 2. The first-order valence-electron chi connectivity index (χ1n) is 6.99. The Morgan fingerprint density at radius 3 is 2.68 bits per heavy atom. The van der Waals surface area contributed by atoms with Gasteiger partial charge in [-0.05, 0) is 38.8 Å². The average Bonchev–Trinajstić information content (AvgIpc) is 2.46. The van der Waals surface area contributed by atoms with E-state index in [2.05, 4.69) is 5.32 Å². The molecule has 0 aliphatic carbocycles. The van der Waals surface area contributed by atoms with Crippen molar-refractivity contribution in [1.82, 2.24) is 10.2 Å². The molecule has 0 radical (unpaired) electrons. The predicted octanol–water partition coefficient (Wildman–Crippen LogP) is 0.795. The van der Waals surface area contributed by atoms with Gasteiger partial charge in [-0.25, -0.2) is 0 Å². The van der Waals surface area contributed by atoms with Crippen molar-refractivity contribution in [2.45, 2.75) is 30.9 Å². The van der Waals surface area contributed by atoms with Crippen LogP contribution in [0.4, 0.5) is 0 Å². The van der Waals surface area contributed by atoms with E-state index in [1.807, 2.05) is 0 Å². The summed E-state index contributed by atoms with van der Waals surface area (Å²) in [4.78, 5) is 24.8. The fourth-order valence-electron chi connectivity index (χ4n) is 2.65. The normalized spacial score (nSPS) is 25.3. The zero-order valence-corrected chi connectivity index (χ0v) is 12.0. The number of amides is 1. The molecule has 0 saturated carbocycles. The van der Waals surface area contributed by atoms with Crippen LogP contribution in [0.15, 0.2) is 0 Å². The van der Waals surface area contributed by atoms with Gasteiger partial charge in [-0.2, -0.15) is 0 Å². The van der Waals surface area contributed by atoms with Gasteiger partial charge in [0.05, 0.1) is 11.7 Å². The van der Waals surface area contributed by atoms with E-state index in [0.717, 1.165) is 38.9 Å². The van der Waals surface area contributed by atoms with Crippen molar-refractivity contribution in [1.29, 1.82) is 0 Å². The first kappa shape index (κ1) is 14.7. The number of nitrogens with zero attached hydrogens (tertiary/aromatic N) is 1. The fraction of sp³-hybridized carbons (Fsp3) is 0.846. The van der Waals surface area contributed by atoms with Crippen LogP contribution in [0.5, 0.6) is 0 Å². The standard InChI is InChI=1S/C13H22N2O3S/c16-12(9-19-11-3-5-14-6-4-11)15-7-1-2-10(8-15)13(17)18/h10-11,14H,1-9H2,(H,17,18)/t10-/m1/s1. The summed E-state index contributed by atoms with van der Waals surface area (Å²) in [7, 11) is 0. The minimum Gasteiger partial charge on any atom is -0.481 e. The molecule has 6 heteroatoms. The number of hydrogen-bond acceptors (Lipinski definition) is 4. The summed E-state index contributed by atoms with van der Waals surface area (Å²) in [6, 6.07) is 0. The molecule has 0 unspecified atom stereocenters. The van der Waals surface area contributed by atoms with Gasteiger partial charge in [0.15, 0.2) is 0 Å². The van der Waals surface area contributed by atoms with Crippen LogP contribution >= 0.6 is 11.8 Å². The number of carboxylic acid groups (broad SMARTS) is 1. The van der Waals surface area contributed by atoms with E-state index in [9.17, 15) is 9.59 Å². The molecule has 0 spiro atoms. The third-order valence-electron chi connectivity index (χ3n) is 3.85. The maximum atomic E-state index is 12.1. The van der Waals surface area contributed by atoms with Gasteiger partial charge in [-0.1, -0.05) is 0 Å². The van der Waals surface area contributed by atoms with Crippen molar-refractivity contribution >= 4 is 23.6 Å². The molecule has 19 heavy (non-hydrogen) atoms. The van der Waals surface area contributed by atoms with E-state index < -0.39 is 5.97 Å². The SMILES string of the molecule is O=C(O)[C@@H]1CCCN(C(=O)CSC2CCNCC2)C1. The zero-order chi connectivity index (χ0) is 13.7. The Hall–Kier alpha value is -0.750. The number of thioether (sulfide) groups is 1. The van der Waals surface area contributed by atoms with Crippen LogP contribution in [0.3, 0.4) is 0 Å². The molecule has 2 rings (SSSR count). The lowest BCUT2D eigenvalue weighted by Crippen LogP contribution is -2.43.